The highest BCUT2D eigenvalue weighted by molar-refractivity contribution is 7.92. The molecule has 1 atom stereocenters. The first-order chi connectivity index (χ1) is 20.2. The maximum Gasteiger partial charge on any atom is 0.264 e. The number of carbonyl (C=O) groups excluding carboxylic acids is 2. The van der Waals surface area contributed by atoms with Crippen molar-refractivity contribution in [1.29, 1.82) is 0 Å². The van der Waals surface area contributed by atoms with Gasteiger partial charge in [0, 0.05) is 12.6 Å². The zero-order valence-electron chi connectivity index (χ0n) is 24.7. The van der Waals surface area contributed by atoms with Crippen LogP contribution in [-0.4, -0.2) is 50.9 Å². The maximum atomic E-state index is 14.2. The summed E-state index contributed by atoms with van der Waals surface area (Å²) in [4.78, 5) is 29.4. The van der Waals surface area contributed by atoms with E-state index in [0.717, 1.165) is 47.5 Å². The molecule has 1 N–H and O–H groups in total. The highest BCUT2D eigenvalue weighted by Crippen LogP contribution is 2.25. The van der Waals surface area contributed by atoms with Crippen LogP contribution in [0.15, 0.2) is 83.8 Å². The molecule has 42 heavy (non-hydrogen) atoms. The number of rotatable bonds is 12. The molecule has 9 heteroatoms. The first-order valence-electron chi connectivity index (χ1n) is 14.6. The van der Waals surface area contributed by atoms with Gasteiger partial charge in [0.1, 0.15) is 18.3 Å². The molecule has 0 aliphatic heterocycles. The minimum Gasteiger partial charge on any atom is -0.497 e. The lowest BCUT2D eigenvalue weighted by Crippen LogP contribution is -2.54. The van der Waals surface area contributed by atoms with Crippen LogP contribution in [0, 0.1) is 6.92 Å². The molecule has 1 aliphatic carbocycles. The molecule has 8 nitrogen and oxygen atoms in total. The number of amides is 2. The second-order valence-corrected chi connectivity index (χ2v) is 12.7. The molecular weight excluding hydrogens is 550 g/mol. The number of hydrogen-bond donors (Lipinski definition) is 1. The SMILES string of the molecule is CC[C@@H](C(=O)NC1CCCCC1)N(Cc1ccc(OC)cc1)C(=O)CN(c1ccccc1)S(=O)(=O)c1ccc(C)cc1. The summed E-state index contributed by atoms with van der Waals surface area (Å²) >= 11 is 0. The van der Waals surface area contributed by atoms with Gasteiger partial charge in [-0.3, -0.25) is 13.9 Å². The molecule has 3 aromatic rings. The third kappa shape index (κ3) is 7.70. The van der Waals surface area contributed by atoms with Gasteiger partial charge in [0.2, 0.25) is 11.8 Å². The Hall–Kier alpha value is -3.85. The predicted molar refractivity (Wildman–Crippen MR) is 165 cm³/mol. The largest absolute Gasteiger partial charge is 0.497 e. The Morgan fingerprint density at radius 2 is 1.57 bits per heavy atom. The molecule has 0 unspecified atom stereocenters. The summed E-state index contributed by atoms with van der Waals surface area (Å²) in [6, 6.07) is 21.8. The number of nitrogens with one attached hydrogen (secondary N) is 1. The molecule has 0 radical (unpaired) electrons. The second-order valence-electron chi connectivity index (χ2n) is 10.8. The number of nitrogens with zero attached hydrogens (tertiary/aromatic N) is 2. The smallest absolute Gasteiger partial charge is 0.264 e. The van der Waals surface area contributed by atoms with Crippen LogP contribution in [-0.2, 0) is 26.2 Å². The van der Waals surface area contributed by atoms with Crippen LogP contribution in [0.1, 0.15) is 56.6 Å². The molecule has 3 aromatic carbocycles. The third-order valence-corrected chi connectivity index (χ3v) is 9.57. The molecule has 1 fully saturated rings. The van der Waals surface area contributed by atoms with Crippen molar-refractivity contribution >= 4 is 27.5 Å². The van der Waals surface area contributed by atoms with Crippen molar-refractivity contribution in [3.8, 4) is 5.75 Å². The fraction of sp³-hybridized carbons (Fsp3) is 0.394. The van der Waals surface area contributed by atoms with E-state index in [-0.39, 0.29) is 23.4 Å². The fourth-order valence-electron chi connectivity index (χ4n) is 5.35. The average molecular weight is 592 g/mol. The Morgan fingerprint density at radius 3 is 2.17 bits per heavy atom. The van der Waals surface area contributed by atoms with E-state index >= 15 is 0 Å². The van der Waals surface area contributed by atoms with Crippen molar-refractivity contribution < 1.29 is 22.7 Å². The number of methoxy groups -OCH3 is 1. The Morgan fingerprint density at radius 1 is 0.929 bits per heavy atom. The van der Waals surface area contributed by atoms with Gasteiger partial charge >= 0.3 is 0 Å². The van der Waals surface area contributed by atoms with E-state index in [2.05, 4.69) is 5.32 Å². The summed E-state index contributed by atoms with van der Waals surface area (Å²) < 4.78 is 34.3. The molecule has 0 saturated heterocycles. The molecule has 0 heterocycles. The summed E-state index contributed by atoms with van der Waals surface area (Å²) in [5.41, 5.74) is 2.10. The van der Waals surface area contributed by atoms with Gasteiger partial charge in [-0.25, -0.2) is 8.42 Å². The van der Waals surface area contributed by atoms with Crippen LogP contribution in [0.3, 0.4) is 0 Å². The minimum absolute atomic E-state index is 0.0842. The van der Waals surface area contributed by atoms with Gasteiger partial charge in [-0.05, 0) is 68.1 Å². The number of carbonyl (C=O) groups is 2. The normalized spacial score (nSPS) is 14.5. The van der Waals surface area contributed by atoms with E-state index < -0.39 is 28.5 Å². The zero-order chi connectivity index (χ0) is 30.1. The van der Waals surface area contributed by atoms with Crippen molar-refractivity contribution in [2.24, 2.45) is 0 Å². The minimum atomic E-state index is -4.09. The number of para-hydroxylation sites is 1. The first kappa shape index (κ1) is 31.1. The summed E-state index contributed by atoms with van der Waals surface area (Å²) in [6.07, 6.45) is 5.53. The maximum absolute atomic E-state index is 14.2. The van der Waals surface area contributed by atoms with Crippen LogP contribution >= 0.6 is 0 Å². The van der Waals surface area contributed by atoms with Crippen LogP contribution in [0.25, 0.3) is 0 Å². The fourth-order valence-corrected chi connectivity index (χ4v) is 6.77. The Bertz CT molecular complexity index is 1420. The van der Waals surface area contributed by atoms with Crippen LogP contribution in [0.2, 0.25) is 0 Å². The molecule has 1 aliphatic rings. The molecule has 0 bridgehead atoms. The molecule has 4 rings (SSSR count). The van der Waals surface area contributed by atoms with Crippen molar-refractivity contribution in [2.45, 2.75) is 75.9 Å². The average Bonchev–Trinajstić information content (AvgIpc) is 3.01. The van der Waals surface area contributed by atoms with E-state index in [9.17, 15) is 18.0 Å². The van der Waals surface area contributed by atoms with Gasteiger partial charge in [-0.2, -0.15) is 0 Å². The third-order valence-electron chi connectivity index (χ3n) is 7.78. The molecule has 0 spiro atoms. The Balaban J connectivity index is 1.68. The number of sulfonamides is 1. The van der Waals surface area contributed by atoms with Crippen LogP contribution in [0.5, 0.6) is 5.75 Å². The zero-order valence-corrected chi connectivity index (χ0v) is 25.5. The van der Waals surface area contributed by atoms with E-state index in [4.69, 9.17) is 4.74 Å². The van der Waals surface area contributed by atoms with E-state index in [1.807, 2.05) is 26.0 Å². The molecular formula is C33H41N3O5S. The Labute approximate surface area is 249 Å². The number of hydrogen-bond acceptors (Lipinski definition) is 5. The molecule has 2 amide bonds. The second kappa shape index (κ2) is 14.4. The Kier molecular flexibility index (Phi) is 10.6. The summed E-state index contributed by atoms with van der Waals surface area (Å²) in [5, 5.41) is 3.17. The lowest BCUT2D eigenvalue weighted by Gasteiger charge is -2.34. The summed E-state index contributed by atoms with van der Waals surface area (Å²) in [6.45, 7) is 3.45. The van der Waals surface area contributed by atoms with Gasteiger partial charge in [0.25, 0.3) is 10.0 Å². The van der Waals surface area contributed by atoms with Crippen LogP contribution in [0.4, 0.5) is 5.69 Å². The van der Waals surface area contributed by atoms with E-state index in [0.29, 0.717) is 17.9 Å². The number of aryl methyl sites for hydroxylation is 1. The molecule has 0 aromatic heterocycles. The van der Waals surface area contributed by atoms with E-state index in [1.54, 1.807) is 73.8 Å². The van der Waals surface area contributed by atoms with Gasteiger partial charge in [0.05, 0.1) is 17.7 Å². The first-order valence-corrected chi connectivity index (χ1v) is 16.0. The topological polar surface area (TPSA) is 96.0 Å². The monoisotopic (exact) mass is 591 g/mol. The summed E-state index contributed by atoms with van der Waals surface area (Å²) in [7, 11) is -2.50. The van der Waals surface area contributed by atoms with Crippen molar-refractivity contribution in [3.63, 3.8) is 0 Å². The predicted octanol–water partition coefficient (Wildman–Crippen LogP) is 5.46. The highest BCUT2D eigenvalue weighted by atomic mass is 32.2. The van der Waals surface area contributed by atoms with Gasteiger partial charge in [0.15, 0.2) is 0 Å². The molecule has 224 valence electrons. The number of ether oxygens (including phenoxy) is 1. The van der Waals surface area contributed by atoms with Crippen molar-refractivity contribution in [1.82, 2.24) is 10.2 Å². The lowest BCUT2D eigenvalue weighted by atomic mass is 9.95. The van der Waals surface area contributed by atoms with Crippen molar-refractivity contribution in [3.05, 3.63) is 90.0 Å². The standard InChI is InChI=1S/C33H41N3O5S/c1-4-31(33(38)34-27-11-7-5-8-12-27)35(23-26-17-19-29(41-3)20-18-26)32(37)24-36(28-13-9-6-10-14-28)42(39,40)30-21-15-25(2)16-22-30/h6,9-10,13-22,27,31H,4-5,7-8,11-12,23-24H2,1-3H3,(H,34,38)/t31-/m0/s1. The molecule has 1 saturated carbocycles. The summed E-state index contributed by atoms with van der Waals surface area (Å²) in [5.74, 6) is 0.00747. The van der Waals surface area contributed by atoms with Crippen LogP contribution < -0.4 is 14.4 Å². The quantitative estimate of drug-likeness (QED) is 0.302. The van der Waals surface area contributed by atoms with Crippen molar-refractivity contribution in [2.75, 3.05) is 18.0 Å². The number of anilines is 1. The van der Waals surface area contributed by atoms with Gasteiger partial charge in [-0.1, -0.05) is 74.2 Å². The highest BCUT2D eigenvalue weighted by Gasteiger charge is 2.34. The van der Waals surface area contributed by atoms with Gasteiger partial charge in [-0.15, -0.1) is 0 Å². The van der Waals surface area contributed by atoms with E-state index in [1.165, 1.54) is 4.90 Å². The lowest BCUT2D eigenvalue weighted by molar-refractivity contribution is -0.140. The number of benzene rings is 3. The van der Waals surface area contributed by atoms with Gasteiger partial charge < -0.3 is 15.0 Å².